The van der Waals surface area contributed by atoms with Crippen molar-refractivity contribution in [3.63, 3.8) is 0 Å². The van der Waals surface area contributed by atoms with Gasteiger partial charge in [-0.3, -0.25) is 0 Å². The van der Waals surface area contributed by atoms with Crippen LogP contribution in [0.1, 0.15) is 41.8 Å². The van der Waals surface area contributed by atoms with E-state index >= 15 is 0 Å². The second-order valence-corrected chi connectivity index (χ2v) is 8.62. The lowest BCUT2D eigenvalue weighted by atomic mass is 10.0. The molecule has 0 spiro atoms. The highest BCUT2D eigenvalue weighted by atomic mass is 32.2. The number of hydrogen-bond acceptors (Lipinski definition) is 4. The summed E-state index contributed by atoms with van der Waals surface area (Å²) in [4.78, 5) is 4.45. The topological polar surface area (TPSA) is 64.8 Å². The van der Waals surface area contributed by atoms with Gasteiger partial charge in [-0.2, -0.15) is 5.10 Å². The Morgan fingerprint density at radius 3 is 2.32 bits per heavy atom. The standard InChI is InChI=1S/C16H19N3O2S/c20-22(21)7-5-12(6-8-22)16-17-11-18-19(16)15-9-13-3-1-2-4-14(13)10-15/h1-4,11-12,15H,5-10H2. The minimum Gasteiger partial charge on any atom is -0.246 e. The van der Waals surface area contributed by atoms with Crippen LogP contribution in [0.25, 0.3) is 0 Å². The summed E-state index contributed by atoms with van der Waals surface area (Å²) in [5.74, 6) is 1.73. The Bertz CT molecular complexity index is 758. The minimum absolute atomic E-state index is 0.217. The number of benzene rings is 1. The Labute approximate surface area is 130 Å². The molecule has 6 heteroatoms. The molecule has 22 heavy (non-hydrogen) atoms. The first-order valence-corrected chi connectivity index (χ1v) is 9.61. The van der Waals surface area contributed by atoms with Gasteiger partial charge in [-0.1, -0.05) is 24.3 Å². The van der Waals surface area contributed by atoms with Gasteiger partial charge in [0.15, 0.2) is 0 Å². The van der Waals surface area contributed by atoms with Gasteiger partial charge in [0.05, 0.1) is 17.5 Å². The summed E-state index contributed by atoms with van der Waals surface area (Å²) in [7, 11) is -2.84. The second kappa shape index (κ2) is 5.19. The molecule has 0 amide bonds. The summed E-state index contributed by atoms with van der Waals surface area (Å²) in [5.41, 5.74) is 2.78. The van der Waals surface area contributed by atoms with Gasteiger partial charge in [0, 0.05) is 5.92 Å². The van der Waals surface area contributed by atoms with E-state index in [1.54, 1.807) is 6.33 Å². The summed E-state index contributed by atoms with van der Waals surface area (Å²) < 4.78 is 25.3. The molecule has 2 aromatic rings. The number of hydrogen-bond donors (Lipinski definition) is 0. The summed E-state index contributed by atoms with van der Waals surface area (Å²) in [5, 5.41) is 4.45. The average Bonchev–Trinajstić information content (AvgIpc) is 3.13. The van der Waals surface area contributed by atoms with Crippen LogP contribution in [0.2, 0.25) is 0 Å². The number of rotatable bonds is 2. The Kier molecular flexibility index (Phi) is 3.29. The van der Waals surface area contributed by atoms with Crippen LogP contribution in [-0.2, 0) is 22.7 Å². The molecule has 116 valence electrons. The van der Waals surface area contributed by atoms with Crippen molar-refractivity contribution < 1.29 is 8.42 Å². The molecular formula is C16H19N3O2S. The summed E-state index contributed by atoms with van der Waals surface area (Å²) in [6.45, 7) is 0. The van der Waals surface area contributed by atoms with Gasteiger partial charge in [0.25, 0.3) is 0 Å². The van der Waals surface area contributed by atoms with Crippen molar-refractivity contribution >= 4 is 9.84 Å². The van der Waals surface area contributed by atoms with Crippen LogP contribution in [0.3, 0.4) is 0 Å². The van der Waals surface area contributed by atoms with Crippen LogP contribution in [0.4, 0.5) is 0 Å². The van der Waals surface area contributed by atoms with Crippen LogP contribution < -0.4 is 0 Å². The molecule has 4 rings (SSSR count). The van der Waals surface area contributed by atoms with Crippen molar-refractivity contribution in [2.45, 2.75) is 37.6 Å². The molecule has 2 aliphatic rings. The molecular weight excluding hydrogens is 298 g/mol. The summed E-state index contributed by atoms with van der Waals surface area (Å²) in [6.07, 6.45) is 4.91. The summed E-state index contributed by atoms with van der Waals surface area (Å²) in [6, 6.07) is 8.83. The average molecular weight is 317 g/mol. The predicted octanol–water partition coefficient (Wildman–Crippen LogP) is 1.91. The minimum atomic E-state index is -2.84. The van der Waals surface area contributed by atoms with Gasteiger partial charge in [-0.15, -0.1) is 0 Å². The lowest BCUT2D eigenvalue weighted by molar-refractivity contribution is 0.424. The van der Waals surface area contributed by atoms with Crippen LogP contribution >= 0.6 is 0 Å². The number of fused-ring (bicyclic) bond motifs is 1. The third kappa shape index (κ3) is 2.45. The quantitative estimate of drug-likeness (QED) is 0.849. The van der Waals surface area contributed by atoms with Crippen molar-refractivity contribution in [2.75, 3.05) is 11.5 Å². The molecule has 1 aliphatic heterocycles. The zero-order chi connectivity index (χ0) is 15.2. The van der Waals surface area contributed by atoms with Crippen LogP contribution in [-0.4, -0.2) is 34.7 Å². The highest BCUT2D eigenvalue weighted by Gasteiger charge is 2.31. The molecule has 1 aliphatic carbocycles. The molecule has 0 radical (unpaired) electrons. The van der Waals surface area contributed by atoms with Gasteiger partial charge < -0.3 is 0 Å². The highest BCUT2D eigenvalue weighted by molar-refractivity contribution is 7.91. The van der Waals surface area contributed by atoms with E-state index in [0.717, 1.165) is 18.7 Å². The van der Waals surface area contributed by atoms with Crippen molar-refractivity contribution in [2.24, 2.45) is 0 Å². The van der Waals surface area contributed by atoms with Gasteiger partial charge in [0.2, 0.25) is 0 Å². The normalized spacial score (nSPS) is 21.8. The maximum Gasteiger partial charge on any atom is 0.150 e. The van der Waals surface area contributed by atoms with E-state index < -0.39 is 9.84 Å². The third-order valence-electron chi connectivity index (χ3n) is 4.90. The molecule has 1 saturated heterocycles. The monoisotopic (exact) mass is 317 g/mol. The van der Waals surface area contributed by atoms with Crippen molar-refractivity contribution in [1.29, 1.82) is 0 Å². The van der Waals surface area contributed by atoms with E-state index in [1.807, 2.05) is 4.68 Å². The Morgan fingerprint density at radius 2 is 1.68 bits per heavy atom. The fourth-order valence-corrected chi connectivity index (χ4v) is 5.18. The van der Waals surface area contributed by atoms with E-state index in [-0.39, 0.29) is 17.4 Å². The molecule has 1 aromatic carbocycles. The highest BCUT2D eigenvalue weighted by Crippen LogP contribution is 2.34. The Hall–Kier alpha value is -1.69. The van der Waals surface area contributed by atoms with Crippen LogP contribution in [0.15, 0.2) is 30.6 Å². The van der Waals surface area contributed by atoms with Gasteiger partial charge in [-0.05, 0) is 36.8 Å². The molecule has 0 bridgehead atoms. The molecule has 1 fully saturated rings. The smallest absolute Gasteiger partial charge is 0.150 e. The fraction of sp³-hybridized carbons (Fsp3) is 0.500. The van der Waals surface area contributed by atoms with Crippen molar-refractivity contribution in [3.8, 4) is 0 Å². The zero-order valence-corrected chi connectivity index (χ0v) is 13.2. The maximum absolute atomic E-state index is 11.6. The van der Waals surface area contributed by atoms with E-state index in [1.165, 1.54) is 11.1 Å². The van der Waals surface area contributed by atoms with E-state index in [2.05, 4.69) is 34.3 Å². The molecule has 2 heterocycles. The first kappa shape index (κ1) is 13.9. The largest absolute Gasteiger partial charge is 0.246 e. The lowest BCUT2D eigenvalue weighted by Crippen LogP contribution is -2.25. The number of nitrogens with zero attached hydrogens (tertiary/aromatic N) is 3. The molecule has 0 atom stereocenters. The third-order valence-corrected chi connectivity index (χ3v) is 6.61. The number of sulfone groups is 1. The van der Waals surface area contributed by atoms with Crippen LogP contribution in [0.5, 0.6) is 0 Å². The molecule has 0 saturated carbocycles. The SMILES string of the molecule is O=S1(=O)CCC(c2ncnn2C2Cc3ccccc3C2)CC1. The Morgan fingerprint density at radius 1 is 1.05 bits per heavy atom. The van der Waals surface area contributed by atoms with E-state index in [0.29, 0.717) is 18.9 Å². The van der Waals surface area contributed by atoms with Crippen LogP contribution in [0, 0.1) is 0 Å². The van der Waals surface area contributed by atoms with Gasteiger partial charge >= 0.3 is 0 Å². The Balaban J connectivity index is 1.57. The van der Waals surface area contributed by atoms with Crippen molar-refractivity contribution in [3.05, 3.63) is 47.5 Å². The second-order valence-electron chi connectivity index (χ2n) is 6.32. The van der Waals surface area contributed by atoms with Gasteiger partial charge in [-0.25, -0.2) is 18.1 Å². The summed E-state index contributed by atoms with van der Waals surface area (Å²) >= 11 is 0. The first-order chi connectivity index (χ1) is 10.6. The van der Waals surface area contributed by atoms with E-state index in [4.69, 9.17) is 0 Å². The molecule has 5 nitrogen and oxygen atoms in total. The number of aromatic nitrogens is 3. The predicted molar refractivity (Wildman–Crippen MR) is 83.5 cm³/mol. The first-order valence-electron chi connectivity index (χ1n) is 7.79. The molecule has 0 unspecified atom stereocenters. The van der Waals surface area contributed by atoms with Crippen molar-refractivity contribution in [1.82, 2.24) is 14.8 Å². The lowest BCUT2D eigenvalue weighted by Gasteiger charge is -2.23. The molecule has 0 N–H and O–H groups in total. The maximum atomic E-state index is 11.6. The zero-order valence-electron chi connectivity index (χ0n) is 12.4. The molecule has 1 aromatic heterocycles. The van der Waals surface area contributed by atoms with E-state index in [9.17, 15) is 8.42 Å². The fourth-order valence-electron chi connectivity index (χ4n) is 3.69. The van der Waals surface area contributed by atoms with Gasteiger partial charge in [0.1, 0.15) is 22.0 Å².